The third kappa shape index (κ3) is 4.56. The summed E-state index contributed by atoms with van der Waals surface area (Å²) in [6, 6.07) is 17.6. The highest BCUT2D eigenvalue weighted by Gasteiger charge is 2.13. The Morgan fingerprint density at radius 3 is 2.24 bits per heavy atom. The van der Waals surface area contributed by atoms with Gasteiger partial charge in [-0.2, -0.15) is 0 Å². The van der Waals surface area contributed by atoms with E-state index < -0.39 is 0 Å². The topological polar surface area (TPSA) is 38.2 Å². The molecule has 1 atom stereocenters. The lowest BCUT2D eigenvalue weighted by atomic mass is 10.2. The van der Waals surface area contributed by atoms with Gasteiger partial charge in [0.15, 0.2) is 5.69 Å². The molecule has 3 aromatic rings. The van der Waals surface area contributed by atoms with Gasteiger partial charge in [-0.3, -0.25) is 0 Å². The van der Waals surface area contributed by atoms with Crippen molar-refractivity contribution >= 4 is 11.0 Å². The van der Waals surface area contributed by atoms with Crippen LogP contribution in [0.3, 0.4) is 0 Å². The molecule has 0 aliphatic heterocycles. The van der Waals surface area contributed by atoms with Gasteiger partial charge in [-0.05, 0) is 51.2 Å². The number of nitrogens with zero attached hydrogens (tertiary/aromatic N) is 3. The summed E-state index contributed by atoms with van der Waals surface area (Å²) in [5.74, 6) is 6.74. The Hall–Kier alpha value is -2.90. The molecule has 4 nitrogen and oxygen atoms in total. The van der Waals surface area contributed by atoms with Gasteiger partial charge in [-0.15, -0.1) is 0 Å². The van der Waals surface area contributed by atoms with E-state index >= 15 is 0 Å². The van der Waals surface area contributed by atoms with Crippen LogP contribution >= 0.6 is 0 Å². The normalized spacial score (nSPS) is 11.8. The number of para-hydroxylation sites is 2. The molecule has 1 unspecified atom stereocenters. The number of likely N-dealkylation sites (N-methyl/N-ethyl adjacent to an activating group) is 1. The Morgan fingerprint density at radius 1 is 0.920 bits per heavy atom. The molecule has 0 saturated heterocycles. The van der Waals surface area contributed by atoms with Gasteiger partial charge in [-0.1, -0.05) is 36.3 Å². The first kappa shape index (κ1) is 16.9. The van der Waals surface area contributed by atoms with Crippen molar-refractivity contribution in [1.82, 2.24) is 14.9 Å². The monoisotopic (exact) mass is 331 g/mol. The molecule has 3 rings (SSSR count). The number of fused-ring (bicyclic) bond motifs is 1. The van der Waals surface area contributed by atoms with Crippen LogP contribution in [0, 0.1) is 11.8 Å². The zero-order valence-electron chi connectivity index (χ0n) is 14.7. The van der Waals surface area contributed by atoms with Crippen LogP contribution in [-0.4, -0.2) is 41.6 Å². The van der Waals surface area contributed by atoms with E-state index in [2.05, 4.69) is 26.7 Å². The average Bonchev–Trinajstić information content (AvgIpc) is 2.60. The Bertz CT molecular complexity index is 911. The Balaban J connectivity index is 1.99. The lowest BCUT2D eigenvalue weighted by Gasteiger charge is -2.18. The number of benzene rings is 2. The maximum atomic E-state index is 6.04. The maximum Gasteiger partial charge on any atom is 0.249 e. The van der Waals surface area contributed by atoms with Crippen LogP contribution in [-0.2, 0) is 0 Å². The fraction of sp³-hybridized carbons (Fsp3) is 0.238. The molecule has 2 aromatic carbocycles. The lowest BCUT2D eigenvalue weighted by Crippen LogP contribution is -2.28. The summed E-state index contributed by atoms with van der Waals surface area (Å²) in [5.41, 5.74) is 3.12. The standard InChI is InChI=1S/C21H21N3O/c1-16(15-24(2)3)25-21-20(14-13-17-9-5-4-6-10-17)22-18-11-7-8-12-19(18)23-21/h4-12,16H,15H2,1-3H3. The summed E-state index contributed by atoms with van der Waals surface area (Å²) >= 11 is 0. The summed E-state index contributed by atoms with van der Waals surface area (Å²) in [4.78, 5) is 11.4. The first-order chi connectivity index (χ1) is 12.1. The van der Waals surface area contributed by atoms with Gasteiger partial charge >= 0.3 is 0 Å². The summed E-state index contributed by atoms with van der Waals surface area (Å²) in [7, 11) is 4.03. The molecular weight excluding hydrogens is 310 g/mol. The number of ether oxygens (including phenoxy) is 1. The summed E-state index contributed by atoms with van der Waals surface area (Å²) in [6.45, 7) is 2.81. The predicted octanol–water partition coefficient (Wildman–Crippen LogP) is 3.36. The Morgan fingerprint density at radius 2 is 1.56 bits per heavy atom. The SMILES string of the molecule is CC(CN(C)C)Oc1nc2ccccc2nc1C#Cc1ccccc1. The van der Waals surface area contributed by atoms with Crippen molar-refractivity contribution in [2.24, 2.45) is 0 Å². The molecule has 4 heteroatoms. The van der Waals surface area contributed by atoms with E-state index in [-0.39, 0.29) is 6.10 Å². The zero-order chi connectivity index (χ0) is 17.6. The Labute approximate surface area is 148 Å². The van der Waals surface area contributed by atoms with E-state index in [0.717, 1.165) is 23.1 Å². The second-order valence-electron chi connectivity index (χ2n) is 6.17. The minimum absolute atomic E-state index is 0.0114. The highest BCUT2D eigenvalue weighted by molar-refractivity contribution is 5.75. The van der Waals surface area contributed by atoms with Gasteiger partial charge in [0.05, 0.1) is 11.0 Å². The van der Waals surface area contributed by atoms with Crippen LogP contribution in [0.5, 0.6) is 5.88 Å². The molecule has 0 bridgehead atoms. The molecule has 1 aromatic heterocycles. The van der Waals surface area contributed by atoms with E-state index in [1.165, 1.54) is 0 Å². The minimum atomic E-state index is -0.0114. The summed E-state index contributed by atoms with van der Waals surface area (Å²) < 4.78 is 6.04. The highest BCUT2D eigenvalue weighted by Crippen LogP contribution is 2.19. The number of aromatic nitrogens is 2. The number of rotatable bonds is 4. The van der Waals surface area contributed by atoms with Crippen molar-refractivity contribution < 1.29 is 4.74 Å². The molecular formula is C21H21N3O. The van der Waals surface area contributed by atoms with Crippen LogP contribution in [0.1, 0.15) is 18.2 Å². The van der Waals surface area contributed by atoms with E-state index in [1.54, 1.807) is 0 Å². The summed E-state index contributed by atoms with van der Waals surface area (Å²) in [5, 5.41) is 0. The molecule has 0 fully saturated rings. The van der Waals surface area contributed by atoms with Gasteiger partial charge in [-0.25, -0.2) is 9.97 Å². The Kier molecular flexibility index (Phi) is 5.27. The smallest absolute Gasteiger partial charge is 0.249 e. The van der Waals surface area contributed by atoms with Crippen LogP contribution < -0.4 is 4.74 Å². The molecule has 0 amide bonds. The van der Waals surface area contributed by atoms with E-state index in [0.29, 0.717) is 11.6 Å². The van der Waals surface area contributed by atoms with Crippen molar-refractivity contribution in [1.29, 1.82) is 0 Å². The molecule has 0 spiro atoms. The van der Waals surface area contributed by atoms with Crippen molar-refractivity contribution in [3.05, 3.63) is 65.9 Å². The third-order valence-corrected chi connectivity index (χ3v) is 3.57. The van der Waals surface area contributed by atoms with Crippen LogP contribution in [0.2, 0.25) is 0 Å². The van der Waals surface area contributed by atoms with Gasteiger partial charge < -0.3 is 9.64 Å². The number of hydrogen-bond donors (Lipinski definition) is 0. The molecule has 126 valence electrons. The molecule has 0 aliphatic carbocycles. The number of hydrogen-bond acceptors (Lipinski definition) is 4. The zero-order valence-corrected chi connectivity index (χ0v) is 14.7. The molecule has 0 N–H and O–H groups in total. The van der Waals surface area contributed by atoms with E-state index in [4.69, 9.17) is 4.74 Å². The van der Waals surface area contributed by atoms with Gasteiger partial charge in [0.1, 0.15) is 6.10 Å². The van der Waals surface area contributed by atoms with Crippen LogP contribution in [0.15, 0.2) is 54.6 Å². The van der Waals surface area contributed by atoms with E-state index in [9.17, 15) is 0 Å². The van der Waals surface area contributed by atoms with Crippen molar-refractivity contribution in [2.75, 3.05) is 20.6 Å². The fourth-order valence-electron chi connectivity index (χ4n) is 2.54. The lowest BCUT2D eigenvalue weighted by molar-refractivity contribution is 0.170. The van der Waals surface area contributed by atoms with Crippen molar-refractivity contribution in [2.45, 2.75) is 13.0 Å². The van der Waals surface area contributed by atoms with Crippen LogP contribution in [0.25, 0.3) is 11.0 Å². The first-order valence-corrected chi connectivity index (χ1v) is 8.27. The molecule has 0 saturated carbocycles. The van der Waals surface area contributed by atoms with Crippen LogP contribution in [0.4, 0.5) is 0 Å². The quantitative estimate of drug-likeness (QED) is 0.687. The second kappa shape index (κ2) is 7.78. The molecule has 1 heterocycles. The minimum Gasteiger partial charge on any atom is -0.471 e. The van der Waals surface area contributed by atoms with E-state index in [1.807, 2.05) is 75.6 Å². The van der Waals surface area contributed by atoms with Gasteiger partial charge in [0, 0.05) is 12.1 Å². The molecule has 25 heavy (non-hydrogen) atoms. The first-order valence-electron chi connectivity index (χ1n) is 8.27. The third-order valence-electron chi connectivity index (χ3n) is 3.57. The fourth-order valence-corrected chi connectivity index (χ4v) is 2.54. The second-order valence-corrected chi connectivity index (χ2v) is 6.17. The van der Waals surface area contributed by atoms with Crippen molar-refractivity contribution in [3.63, 3.8) is 0 Å². The molecule has 0 aliphatic rings. The summed E-state index contributed by atoms with van der Waals surface area (Å²) in [6.07, 6.45) is -0.0114. The molecule has 0 radical (unpaired) electrons. The predicted molar refractivity (Wildman–Crippen MR) is 101 cm³/mol. The highest BCUT2D eigenvalue weighted by atomic mass is 16.5. The largest absolute Gasteiger partial charge is 0.471 e. The maximum absolute atomic E-state index is 6.04. The van der Waals surface area contributed by atoms with Crippen molar-refractivity contribution in [3.8, 4) is 17.7 Å². The van der Waals surface area contributed by atoms with Gasteiger partial charge in [0.2, 0.25) is 5.88 Å². The van der Waals surface area contributed by atoms with Gasteiger partial charge in [0.25, 0.3) is 0 Å². The average molecular weight is 331 g/mol.